The maximum Gasteiger partial charge on any atom is 0.338 e. The highest BCUT2D eigenvalue weighted by molar-refractivity contribution is 5.92. The number of amides is 2. The minimum Gasteiger partial charge on any atom is -0.478 e. The monoisotopic (exact) mass is 280 g/mol. The van der Waals surface area contributed by atoms with Crippen molar-refractivity contribution in [3.05, 3.63) is 29.6 Å². The molecule has 0 radical (unpaired) electrons. The molecule has 5 nitrogen and oxygen atoms in total. The average Bonchev–Trinajstić information content (AvgIpc) is 2.68. The van der Waals surface area contributed by atoms with Crippen LogP contribution in [-0.4, -0.2) is 34.1 Å². The number of urea groups is 1. The van der Waals surface area contributed by atoms with Crippen molar-refractivity contribution >= 4 is 17.7 Å². The number of anilines is 1. The molecule has 0 aliphatic carbocycles. The summed E-state index contributed by atoms with van der Waals surface area (Å²) >= 11 is 0. The summed E-state index contributed by atoms with van der Waals surface area (Å²) < 4.78 is 13.5. The summed E-state index contributed by atoms with van der Waals surface area (Å²) in [5.41, 5.74) is -0.381. The Labute approximate surface area is 116 Å². The molecule has 0 spiro atoms. The van der Waals surface area contributed by atoms with Crippen LogP contribution in [0.5, 0.6) is 0 Å². The smallest absolute Gasteiger partial charge is 0.338 e. The summed E-state index contributed by atoms with van der Waals surface area (Å²) in [7, 11) is 0. The van der Waals surface area contributed by atoms with Crippen molar-refractivity contribution in [2.24, 2.45) is 0 Å². The number of carboxylic acids is 1. The molecule has 1 saturated heterocycles. The van der Waals surface area contributed by atoms with Crippen LogP contribution in [0, 0.1) is 5.82 Å². The van der Waals surface area contributed by atoms with Gasteiger partial charge >= 0.3 is 12.0 Å². The van der Waals surface area contributed by atoms with E-state index in [2.05, 4.69) is 5.32 Å². The molecular formula is C14H17FN2O3. The van der Waals surface area contributed by atoms with Gasteiger partial charge < -0.3 is 15.3 Å². The van der Waals surface area contributed by atoms with Crippen LogP contribution in [0.3, 0.4) is 0 Å². The van der Waals surface area contributed by atoms with Crippen LogP contribution in [0.4, 0.5) is 14.9 Å². The maximum absolute atomic E-state index is 13.5. The predicted molar refractivity (Wildman–Crippen MR) is 72.4 cm³/mol. The lowest BCUT2D eigenvalue weighted by molar-refractivity contribution is 0.0692. The number of benzene rings is 1. The van der Waals surface area contributed by atoms with Crippen LogP contribution in [0.2, 0.25) is 0 Å². The Morgan fingerprint density at radius 2 is 2.10 bits per heavy atom. The molecule has 1 aliphatic rings. The number of carbonyl (C=O) groups is 2. The van der Waals surface area contributed by atoms with E-state index >= 15 is 0 Å². The number of rotatable bonds is 2. The first kappa shape index (κ1) is 14.3. The Morgan fingerprint density at radius 1 is 1.40 bits per heavy atom. The number of carboxylic acid groups (broad SMARTS) is 1. The minimum atomic E-state index is -1.33. The van der Waals surface area contributed by atoms with Gasteiger partial charge in [-0.1, -0.05) is 0 Å². The van der Waals surface area contributed by atoms with Crippen LogP contribution < -0.4 is 5.32 Å². The molecule has 20 heavy (non-hydrogen) atoms. The van der Waals surface area contributed by atoms with Crippen molar-refractivity contribution in [3.8, 4) is 0 Å². The molecule has 0 atom stereocenters. The van der Waals surface area contributed by atoms with Gasteiger partial charge in [0.25, 0.3) is 0 Å². The summed E-state index contributed by atoms with van der Waals surface area (Å²) in [4.78, 5) is 24.6. The number of halogens is 1. The Kier molecular flexibility index (Phi) is 3.65. The van der Waals surface area contributed by atoms with Crippen molar-refractivity contribution in [1.29, 1.82) is 0 Å². The molecule has 1 aromatic carbocycles. The van der Waals surface area contributed by atoms with Crippen molar-refractivity contribution in [3.63, 3.8) is 0 Å². The second-order valence-electron chi connectivity index (χ2n) is 5.50. The molecule has 6 heteroatoms. The average molecular weight is 280 g/mol. The first-order chi connectivity index (χ1) is 9.31. The van der Waals surface area contributed by atoms with Crippen LogP contribution in [-0.2, 0) is 0 Å². The maximum atomic E-state index is 13.5. The van der Waals surface area contributed by atoms with E-state index < -0.39 is 17.3 Å². The Hall–Kier alpha value is -2.11. The van der Waals surface area contributed by atoms with Crippen molar-refractivity contribution in [1.82, 2.24) is 4.90 Å². The van der Waals surface area contributed by atoms with E-state index in [1.54, 1.807) is 4.90 Å². The molecule has 0 unspecified atom stereocenters. The second kappa shape index (κ2) is 5.11. The van der Waals surface area contributed by atoms with E-state index in [-0.39, 0.29) is 17.3 Å². The number of nitrogens with zero attached hydrogens (tertiary/aromatic N) is 1. The SMILES string of the molecule is CC1(C)CCCN1C(=O)Nc1ccc(C(=O)O)c(F)c1. The Balaban J connectivity index is 2.12. The molecule has 2 rings (SSSR count). The third kappa shape index (κ3) is 2.74. The molecule has 1 heterocycles. The van der Waals surface area contributed by atoms with Crippen molar-refractivity contribution < 1.29 is 19.1 Å². The fourth-order valence-corrected chi connectivity index (χ4v) is 2.44. The summed E-state index contributed by atoms with van der Waals surface area (Å²) in [6.45, 7) is 4.62. The van der Waals surface area contributed by atoms with Gasteiger partial charge in [-0.2, -0.15) is 0 Å². The zero-order chi connectivity index (χ0) is 14.9. The molecule has 1 aromatic rings. The lowest BCUT2D eigenvalue weighted by Gasteiger charge is -2.31. The first-order valence-electron chi connectivity index (χ1n) is 6.43. The summed E-state index contributed by atoms with van der Waals surface area (Å²) in [6.07, 6.45) is 1.86. The van der Waals surface area contributed by atoms with Gasteiger partial charge in [0, 0.05) is 17.8 Å². The fraction of sp³-hybridized carbons (Fsp3) is 0.429. The number of carbonyl (C=O) groups excluding carboxylic acids is 1. The van der Waals surface area contributed by atoms with Crippen LogP contribution in [0.15, 0.2) is 18.2 Å². The normalized spacial score (nSPS) is 17.1. The highest BCUT2D eigenvalue weighted by Crippen LogP contribution is 2.28. The molecule has 2 N–H and O–H groups in total. The number of hydrogen-bond acceptors (Lipinski definition) is 2. The highest BCUT2D eigenvalue weighted by Gasteiger charge is 2.35. The van der Waals surface area contributed by atoms with E-state index in [4.69, 9.17) is 5.11 Å². The highest BCUT2D eigenvalue weighted by atomic mass is 19.1. The molecule has 0 saturated carbocycles. The van der Waals surface area contributed by atoms with Gasteiger partial charge in [-0.15, -0.1) is 0 Å². The molecular weight excluding hydrogens is 263 g/mol. The first-order valence-corrected chi connectivity index (χ1v) is 6.43. The Morgan fingerprint density at radius 3 is 2.60 bits per heavy atom. The van der Waals surface area contributed by atoms with Crippen molar-refractivity contribution in [2.45, 2.75) is 32.2 Å². The Bertz CT molecular complexity index is 557. The van der Waals surface area contributed by atoms with Gasteiger partial charge in [0.2, 0.25) is 0 Å². The van der Waals surface area contributed by atoms with Gasteiger partial charge in [-0.3, -0.25) is 0 Å². The topological polar surface area (TPSA) is 69.6 Å². The lowest BCUT2D eigenvalue weighted by atomic mass is 10.0. The van der Waals surface area contributed by atoms with Gasteiger partial charge in [0.1, 0.15) is 5.82 Å². The third-order valence-corrected chi connectivity index (χ3v) is 3.60. The molecule has 0 bridgehead atoms. The standard InChI is InChI=1S/C14H17FN2O3/c1-14(2)6-3-7-17(14)13(20)16-9-4-5-10(12(18)19)11(15)8-9/h4-5,8H,3,6-7H2,1-2H3,(H,16,20)(H,18,19). The third-order valence-electron chi connectivity index (χ3n) is 3.60. The molecule has 108 valence electrons. The molecule has 1 fully saturated rings. The number of nitrogens with one attached hydrogen (secondary N) is 1. The van der Waals surface area contributed by atoms with E-state index in [0.717, 1.165) is 25.0 Å². The van der Waals surface area contributed by atoms with E-state index in [1.807, 2.05) is 13.8 Å². The van der Waals surface area contributed by atoms with E-state index in [0.29, 0.717) is 6.54 Å². The molecule has 2 amide bonds. The van der Waals surface area contributed by atoms with Gasteiger partial charge in [-0.05, 0) is 44.9 Å². The van der Waals surface area contributed by atoms with Crippen LogP contribution >= 0.6 is 0 Å². The van der Waals surface area contributed by atoms with Gasteiger partial charge in [0.05, 0.1) is 5.56 Å². The largest absolute Gasteiger partial charge is 0.478 e. The zero-order valence-electron chi connectivity index (χ0n) is 11.4. The predicted octanol–water partition coefficient (Wildman–Crippen LogP) is 2.93. The minimum absolute atomic E-state index is 0.219. The molecule has 0 aromatic heterocycles. The summed E-state index contributed by atoms with van der Waals surface area (Å²) in [5, 5.41) is 11.3. The van der Waals surface area contributed by atoms with Crippen molar-refractivity contribution in [2.75, 3.05) is 11.9 Å². The van der Waals surface area contributed by atoms with E-state index in [9.17, 15) is 14.0 Å². The molecule has 1 aliphatic heterocycles. The van der Waals surface area contributed by atoms with Gasteiger partial charge in [-0.25, -0.2) is 14.0 Å². The summed E-state index contributed by atoms with van der Waals surface area (Å²) in [5.74, 6) is -2.20. The number of aromatic carboxylic acids is 1. The zero-order valence-corrected chi connectivity index (χ0v) is 11.4. The second-order valence-corrected chi connectivity index (χ2v) is 5.50. The fourth-order valence-electron chi connectivity index (χ4n) is 2.44. The van der Waals surface area contributed by atoms with Crippen LogP contribution in [0.1, 0.15) is 37.0 Å². The number of hydrogen-bond donors (Lipinski definition) is 2. The van der Waals surface area contributed by atoms with Gasteiger partial charge in [0.15, 0.2) is 0 Å². The summed E-state index contributed by atoms with van der Waals surface area (Å²) in [6, 6.07) is 3.25. The number of likely N-dealkylation sites (tertiary alicyclic amines) is 1. The lowest BCUT2D eigenvalue weighted by Crippen LogP contribution is -2.44. The van der Waals surface area contributed by atoms with Crippen LogP contribution in [0.25, 0.3) is 0 Å². The quantitative estimate of drug-likeness (QED) is 0.875. The van der Waals surface area contributed by atoms with E-state index in [1.165, 1.54) is 6.07 Å².